The van der Waals surface area contributed by atoms with Crippen molar-refractivity contribution in [3.05, 3.63) is 55.6 Å². The highest BCUT2D eigenvalue weighted by atomic mass is 16.6. The highest BCUT2D eigenvalue weighted by Crippen LogP contribution is 2.67. The minimum atomic E-state index is -0.834. The Hall–Kier alpha value is -2.77. The van der Waals surface area contributed by atoms with E-state index in [1.54, 1.807) is 0 Å². The largest absolute Gasteiger partial charge is 0.458 e. The SMILES string of the molecule is CC(C)CCC[C@@H](C)[C@H]1CCC2C3CC=C4CC(OC(=O)c5ccc([N+](=O)[O-])c([N+](=O)[O-])c5)CC[C@]4(C)C3CC[C@@]21C. The van der Waals surface area contributed by atoms with E-state index in [9.17, 15) is 25.0 Å². The van der Waals surface area contributed by atoms with Gasteiger partial charge in [-0.15, -0.1) is 0 Å². The van der Waals surface area contributed by atoms with Crippen molar-refractivity contribution < 1.29 is 19.4 Å². The van der Waals surface area contributed by atoms with Gasteiger partial charge in [-0.3, -0.25) is 20.2 Å². The smallest absolute Gasteiger partial charge is 0.346 e. The average molecular weight is 581 g/mol. The van der Waals surface area contributed by atoms with Crippen LogP contribution in [-0.2, 0) is 4.74 Å². The third-order valence-electron chi connectivity index (χ3n) is 12.1. The molecule has 5 rings (SSSR count). The fraction of sp³-hybridized carbons (Fsp3) is 0.735. The van der Waals surface area contributed by atoms with Crippen molar-refractivity contribution in [1.29, 1.82) is 0 Å². The molecule has 0 aromatic heterocycles. The summed E-state index contributed by atoms with van der Waals surface area (Å²) >= 11 is 0. The maximum absolute atomic E-state index is 12.9. The van der Waals surface area contributed by atoms with Gasteiger partial charge < -0.3 is 4.74 Å². The maximum atomic E-state index is 12.9. The van der Waals surface area contributed by atoms with Crippen molar-refractivity contribution in [1.82, 2.24) is 0 Å². The lowest BCUT2D eigenvalue weighted by molar-refractivity contribution is -0.422. The monoisotopic (exact) mass is 580 g/mol. The molecule has 0 heterocycles. The van der Waals surface area contributed by atoms with E-state index in [2.05, 4.69) is 40.7 Å². The second-order valence-electron chi connectivity index (χ2n) is 14.8. The highest BCUT2D eigenvalue weighted by Gasteiger charge is 2.59. The fourth-order valence-electron chi connectivity index (χ4n) is 9.92. The zero-order valence-electron chi connectivity index (χ0n) is 26.0. The minimum absolute atomic E-state index is 0.0286. The van der Waals surface area contributed by atoms with Crippen LogP contribution < -0.4 is 0 Å². The summed E-state index contributed by atoms with van der Waals surface area (Å²) in [7, 11) is 0. The van der Waals surface area contributed by atoms with Crippen LogP contribution in [0.15, 0.2) is 29.8 Å². The lowest BCUT2D eigenvalue weighted by Crippen LogP contribution is -2.51. The number of fused-ring (bicyclic) bond motifs is 5. The first-order valence-electron chi connectivity index (χ1n) is 16.2. The molecule has 0 bridgehead atoms. The van der Waals surface area contributed by atoms with Crippen LogP contribution in [0.1, 0.15) is 116 Å². The first kappa shape index (κ1) is 30.7. The molecule has 1 aromatic rings. The first-order chi connectivity index (χ1) is 19.8. The molecule has 8 nitrogen and oxygen atoms in total. The zero-order chi connectivity index (χ0) is 30.4. The van der Waals surface area contributed by atoms with Gasteiger partial charge in [-0.25, -0.2) is 4.79 Å². The van der Waals surface area contributed by atoms with Gasteiger partial charge >= 0.3 is 17.3 Å². The van der Waals surface area contributed by atoms with E-state index in [-0.39, 0.29) is 17.1 Å². The van der Waals surface area contributed by atoms with E-state index in [1.165, 1.54) is 56.6 Å². The van der Waals surface area contributed by atoms with Gasteiger partial charge in [0.15, 0.2) is 0 Å². The van der Waals surface area contributed by atoms with Crippen LogP contribution in [0.3, 0.4) is 0 Å². The number of carbonyl (C=O) groups excluding carboxylic acids is 1. The van der Waals surface area contributed by atoms with E-state index in [0.717, 1.165) is 61.0 Å². The third-order valence-corrected chi connectivity index (χ3v) is 12.1. The summed E-state index contributed by atoms with van der Waals surface area (Å²) < 4.78 is 5.84. The predicted molar refractivity (Wildman–Crippen MR) is 162 cm³/mol. The molecule has 1 aromatic carbocycles. The van der Waals surface area contributed by atoms with Crippen LogP contribution >= 0.6 is 0 Å². The fourth-order valence-corrected chi connectivity index (χ4v) is 9.92. The van der Waals surface area contributed by atoms with Crippen LogP contribution in [0.4, 0.5) is 11.4 Å². The normalized spacial score (nSPS) is 34.5. The first-order valence-corrected chi connectivity index (χ1v) is 16.2. The Morgan fingerprint density at radius 2 is 1.71 bits per heavy atom. The summed E-state index contributed by atoms with van der Waals surface area (Å²) in [5, 5.41) is 22.5. The van der Waals surface area contributed by atoms with Gasteiger partial charge in [-0.05, 0) is 97.3 Å². The van der Waals surface area contributed by atoms with Crippen molar-refractivity contribution in [3.8, 4) is 0 Å². The molecule has 0 saturated heterocycles. The molecule has 3 saturated carbocycles. The van der Waals surface area contributed by atoms with E-state index in [0.29, 0.717) is 17.8 Å². The van der Waals surface area contributed by atoms with Crippen LogP contribution in [0.5, 0.6) is 0 Å². The lowest BCUT2D eigenvalue weighted by atomic mass is 9.47. The number of rotatable bonds is 9. The summed E-state index contributed by atoms with van der Waals surface area (Å²) in [4.78, 5) is 33.8. The minimum Gasteiger partial charge on any atom is -0.458 e. The van der Waals surface area contributed by atoms with E-state index >= 15 is 0 Å². The third kappa shape index (κ3) is 5.50. The number of benzene rings is 1. The zero-order valence-corrected chi connectivity index (χ0v) is 26.0. The van der Waals surface area contributed by atoms with Crippen LogP contribution in [0.2, 0.25) is 0 Å². The van der Waals surface area contributed by atoms with Gasteiger partial charge in [0.05, 0.1) is 15.4 Å². The maximum Gasteiger partial charge on any atom is 0.346 e. The summed E-state index contributed by atoms with van der Waals surface area (Å²) in [6.07, 6.45) is 15.1. The van der Waals surface area contributed by atoms with Crippen molar-refractivity contribution in [2.75, 3.05) is 0 Å². The van der Waals surface area contributed by atoms with Gasteiger partial charge in [-0.2, -0.15) is 0 Å². The van der Waals surface area contributed by atoms with Crippen molar-refractivity contribution in [2.24, 2.45) is 46.3 Å². The molecule has 3 fully saturated rings. The lowest BCUT2D eigenvalue weighted by Gasteiger charge is -2.58. The van der Waals surface area contributed by atoms with Gasteiger partial charge in [-0.1, -0.05) is 65.5 Å². The predicted octanol–water partition coefficient (Wildman–Crippen LogP) is 9.07. The Morgan fingerprint density at radius 1 is 0.976 bits per heavy atom. The van der Waals surface area contributed by atoms with Crippen LogP contribution in [0, 0.1) is 66.6 Å². The van der Waals surface area contributed by atoms with E-state index in [1.807, 2.05) is 0 Å². The van der Waals surface area contributed by atoms with Gasteiger partial charge in [0, 0.05) is 18.6 Å². The molecule has 8 heteroatoms. The summed E-state index contributed by atoms with van der Waals surface area (Å²) in [5.41, 5.74) is 0.613. The van der Waals surface area contributed by atoms with Crippen molar-refractivity contribution in [2.45, 2.75) is 111 Å². The Bertz CT molecular complexity index is 1260. The molecule has 4 aliphatic rings. The van der Waals surface area contributed by atoms with Crippen molar-refractivity contribution in [3.63, 3.8) is 0 Å². The molecule has 4 unspecified atom stereocenters. The Balaban J connectivity index is 1.25. The molecule has 0 amide bonds. The molecule has 42 heavy (non-hydrogen) atoms. The summed E-state index contributed by atoms with van der Waals surface area (Å²) in [6, 6.07) is 3.20. The molecule has 8 atom stereocenters. The number of nitrogens with zero attached hydrogens (tertiary/aromatic N) is 2. The molecule has 0 aliphatic heterocycles. The molecule has 0 N–H and O–H groups in total. The summed E-state index contributed by atoms with van der Waals surface area (Å²) in [6.45, 7) is 12.2. The standard InChI is InChI=1S/C34H48N2O6/c1-21(2)7-6-8-22(3)27-12-13-28-26-11-10-24-20-25(15-17-33(24,4)29(26)16-18-34(27,28)5)42-32(37)23-9-14-30(35(38)39)31(19-23)36(40)41/h9-10,14,19,21-22,25-29H,6-8,11-13,15-18,20H2,1-5H3/t22-,25?,26?,27-,28?,29?,33+,34-/m1/s1. The number of hydrogen-bond acceptors (Lipinski definition) is 6. The van der Waals surface area contributed by atoms with E-state index in [4.69, 9.17) is 4.74 Å². The molecular weight excluding hydrogens is 532 g/mol. The van der Waals surface area contributed by atoms with Crippen LogP contribution in [-0.4, -0.2) is 21.9 Å². The second kappa shape index (κ2) is 11.7. The molecular formula is C34H48N2O6. The quantitative estimate of drug-likeness (QED) is 0.125. The number of nitro groups is 2. The number of ether oxygens (including phenoxy) is 1. The Kier molecular flexibility index (Phi) is 8.56. The Morgan fingerprint density at radius 3 is 2.40 bits per heavy atom. The Labute approximate surface area is 250 Å². The molecule has 4 aliphatic carbocycles. The summed E-state index contributed by atoms with van der Waals surface area (Å²) in [5.74, 6) is 3.93. The average Bonchev–Trinajstić information content (AvgIpc) is 3.29. The molecule has 0 radical (unpaired) electrons. The van der Waals surface area contributed by atoms with Gasteiger partial charge in [0.2, 0.25) is 0 Å². The second-order valence-corrected chi connectivity index (χ2v) is 14.8. The van der Waals surface area contributed by atoms with Gasteiger partial charge in [0.1, 0.15) is 6.10 Å². The number of hydrogen-bond donors (Lipinski definition) is 0. The van der Waals surface area contributed by atoms with E-state index < -0.39 is 27.2 Å². The van der Waals surface area contributed by atoms with Gasteiger partial charge in [0.25, 0.3) is 0 Å². The molecule has 0 spiro atoms. The number of nitro benzene ring substituents is 2. The topological polar surface area (TPSA) is 113 Å². The highest BCUT2D eigenvalue weighted by molar-refractivity contribution is 5.91. The van der Waals surface area contributed by atoms with Crippen molar-refractivity contribution >= 4 is 17.3 Å². The number of esters is 1. The molecule has 230 valence electrons. The van der Waals surface area contributed by atoms with Crippen LogP contribution in [0.25, 0.3) is 0 Å². The number of allylic oxidation sites excluding steroid dienone is 1. The number of carbonyl (C=O) groups is 1.